The normalized spacial score (nSPS) is 13.8. The van der Waals surface area contributed by atoms with Gasteiger partial charge in [-0.1, -0.05) is 20.8 Å². The van der Waals surface area contributed by atoms with Crippen molar-refractivity contribution in [3.63, 3.8) is 0 Å². The van der Waals surface area contributed by atoms with E-state index in [9.17, 15) is 0 Å². The first-order valence-corrected chi connectivity index (χ1v) is 4.98. The van der Waals surface area contributed by atoms with Gasteiger partial charge in [0.05, 0.1) is 0 Å². The van der Waals surface area contributed by atoms with Crippen LogP contribution in [0.5, 0.6) is 0 Å². The molecule has 0 aliphatic heterocycles. The molecule has 0 aromatic carbocycles. The molecule has 0 bridgehead atoms. The molecule has 0 fully saturated rings. The molecule has 1 atom stereocenters. The molecule has 1 unspecified atom stereocenters. The van der Waals surface area contributed by atoms with Crippen LogP contribution in [0.3, 0.4) is 0 Å². The Bertz CT molecular complexity index is 93.8. The maximum absolute atomic E-state index is 8.61. The van der Waals surface area contributed by atoms with Crippen molar-refractivity contribution in [2.24, 2.45) is 11.8 Å². The smallest absolute Gasteiger partial charge is 0.0431 e. The van der Waals surface area contributed by atoms with Crippen LogP contribution >= 0.6 is 0 Å². The fraction of sp³-hybridized carbons (Fsp3) is 1.00. The molecular formula is C10H23NO. The van der Waals surface area contributed by atoms with Crippen LogP contribution in [0.25, 0.3) is 0 Å². The zero-order chi connectivity index (χ0) is 9.40. The molecule has 0 heterocycles. The summed E-state index contributed by atoms with van der Waals surface area (Å²) >= 11 is 0. The Balaban J connectivity index is 3.13. The number of nitrogens with one attached hydrogen (secondary N) is 1. The van der Waals surface area contributed by atoms with Gasteiger partial charge >= 0.3 is 0 Å². The average Bonchev–Trinajstić information content (AvgIpc) is 2.00. The SMILES string of the molecule is CC(C)CNCC(C)CCCO. The number of rotatable bonds is 7. The van der Waals surface area contributed by atoms with E-state index < -0.39 is 0 Å². The Hall–Kier alpha value is -0.0800. The standard InChI is InChI=1S/C10H23NO/c1-9(2)7-11-8-10(3)5-4-6-12/h9-12H,4-8H2,1-3H3. The van der Waals surface area contributed by atoms with Crippen molar-refractivity contribution < 1.29 is 5.11 Å². The highest BCUT2D eigenvalue weighted by Crippen LogP contribution is 2.03. The van der Waals surface area contributed by atoms with Crippen LogP contribution in [0.1, 0.15) is 33.6 Å². The van der Waals surface area contributed by atoms with E-state index >= 15 is 0 Å². The molecule has 0 aliphatic rings. The Morgan fingerprint density at radius 1 is 1.17 bits per heavy atom. The highest BCUT2D eigenvalue weighted by molar-refractivity contribution is 4.58. The van der Waals surface area contributed by atoms with Gasteiger partial charge in [-0.05, 0) is 37.8 Å². The minimum atomic E-state index is 0.328. The van der Waals surface area contributed by atoms with Gasteiger partial charge < -0.3 is 10.4 Å². The molecule has 74 valence electrons. The van der Waals surface area contributed by atoms with Gasteiger partial charge in [0.15, 0.2) is 0 Å². The molecule has 0 saturated heterocycles. The van der Waals surface area contributed by atoms with E-state index in [-0.39, 0.29) is 0 Å². The molecule has 2 N–H and O–H groups in total. The molecule has 0 radical (unpaired) electrons. The van der Waals surface area contributed by atoms with E-state index in [0.29, 0.717) is 12.5 Å². The van der Waals surface area contributed by atoms with Crippen LogP contribution in [-0.2, 0) is 0 Å². The molecule has 0 aromatic heterocycles. The molecule has 0 aliphatic carbocycles. The van der Waals surface area contributed by atoms with Gasteiger partial charge in [0.25, 0.3) is 0 Å². The minimum Gasteiger partial charge on any atom is -0.396 e. The largest absolute Gasteiger partial charge is 0.396 e. The van der Waals surface area contributed by atoms with Crippen LogP contribution < -0.4 is 5.32 Å². The van der Waals surface area contributed by atoms with E-state index in [1.807, 2.05) is 0 Å². The second-order valence-electron chi connectivity index (χ2n) is 4.02. The Labute approximate surface area is 76.4 Å². The average molecular weight is 173 g/mol. The summed E-state index contributed by atoms with van der Waals surface area (Å²) in [4.78, 5) is 0. The van der Waals surface area contributed by atoms with Crippen LogP contribution in [0.2, 0.25) is 0 Å². The lowest BCUT2D eigenvalue weighted by Gasteiger charge is -2.12. The summed E-state index contributed by atoms with van der Waals surface area (Å²) in [6.45, 7) is 9.16. The Morgan fingerprint density at radius 3 is 2.33 bits per heavy atom. The first-order chi connectivity index (χ1) is 5.66. The van der Waals surface area contributed by atoms with Gasteiger partial charge in [-0.15, -0.1) is 0 Å². The maximum atomic E-state index is 8.61. The quantitative estimate of drug-likeness (QED) is 0.613. The lowest BCUT2D eigenvalue weighted by atomic mass is 10.1. The van der Waals surface area contributed by atoms with E-state index in [2.05, 4.69) is 26.1 Å². The summed E-state index contributed by atoms with van der Waals surface area (Å²) in [6.07, 6.45) is 2.06. The monoisotopic (exact) mass is 173 g/mol. The van der Waals surface area contributed by atoms with Gasteiger partial charge in [0, 0.05) is 6.61 Å². The summed E-state index contributed by atoms with van der Waals surface area (Å²) in [5, 5.41) is 12.0. The molecule has 0 rings (SSSR count). The predicted octanol–water partition coefficient (Wildman–Crippen LogP) is 1.64. The highest BCUT2D eigenvalue weighted by atomic mass is 16.2. The van der Waals surface area contributed by atoms with E-state index in [4.69, 9.17) is 5.11 Å². The van der Waals surface area contributed by atoms with Gasteiger partial charge in [-0.25, -0.2) is 0 Å². The molecule has 0 saturated carbocycles. The van der Waals surface area contributed by atoms with Crippen LogP contribution in [0.15, 0.2) is 0 Å². The van der Waals surface area contributed by atoms with Gasteiger partial charge in [-0.3, -0.25) is 0 Å². The van der Waals surface area contributed by atoms with Gasteiger partial charge in [0.1, 0.15) is 0 Å². The lowest BCUT2D eigenvalue weighted by molar-refractivity contribution is 0.272. The summed E-state index contributed by atoms with van der Waals surface area (Å²) in [7, 11) is 0. The molecule has 2 nitrogen and oxygen atoms in total. The Kier molecular flexibility index (Phi) is 7.51. The van der Waals surface area contributed by atoms with Crippen molar-refractivity contribution in [1.29, 1.82) is 0 Å². The molecule has 0 amide bonds. The summed E-state index contributed by atoms with van der Waals surface area (Å²) in [6, 6.07) is 0. The first-order valence-electron chi connectivity index (χ1n) is 4.98. The number of aliphatic hydroxyl groups excluding tert-OH is 1. The predicted molar refractivity (Wildman–Crippen MR) is 53.2 cm³/mol. The second-order valence-corrected chi connectivity index (χ2v) is 4.02. The van der Waals surface area contributed by atoms with Gasteiger partial charge in [0.2, 0.25) is 0 Å². The van der Waals surface area contributed by atoms with Crippen molar-refractivity contribution >= 4 is 0 Å². The van der Waals surface area contributed by atoms with E-state index in [1.165, 1.54) is 0 Å². The summed E-state index contributed by atoms with van der Waals surface area (Å²) in [5.41, 5.74) is 0. The summed E-state index contributed by atoms with van der Waals surface area (Å²) in [5.74, 6) is 1.42. The molecule has 0 aromatic rings. The van der Waals surface area contributed by atoms with Crippen molar-refractivity contribution in [2.75, 3.05) is 19.7 Å². The fourth-order valence-electron chi connectivity index (χ4n) is 1.16. The highest BCUT2D eigenvalue weighted by Gasteiger charge is 2.01. The van der Waals surface area contributed by atoms with Crippen LogP contribution in [-0.4, -0.2) is 24.8 Å². The Morgan fingerprint density at radius 2 is 1.83 bits per heavy atom. The first kappa shape index (κ1) is 11.9. The maximum Gasteiger partial charge on any atom is 0.0431 e. The third-order valence-electron chi connectivity index (χ3n) is 1.90. The zero-order valence-corrected chi connectivity index (χ0v) is 8.64. The molecule has 2 heteroatoms. The van der Waals surface area contributed by atoms with Crippen LogP contribution in [0, 0.1) is 11.8 Å². The summed E-state index contributed by atoms with van der Waals surface area (Å²) < 4.78 is 0. The van der Waals surface area contributed by atoms with Crippen molar-refractivity contribution in [3.8, 4) is 0 Å². The van der Waals surface area contributed by atoms with E-state index in [1.54, 1.807) is 0 Å². The third kappa shape index (κ3) is 8.02. The molecule has 0 spiro atoms. The number of hydrogen-bond donors (Lipinski definition) is 2. The van der Waals surface area contributed by atoms with Crippen molar-refractivity contribution in [3.05, 3.63) is 0 Å². The van der Waals surface area contributed by atoms with E-state index in [0.717, 1.165) is 31.8 Å². The third-order valence-corrected chi connectivity index (χ3v) is 1.90. The van der Waals surface area contributed by atoms with Crippen molar-refractivity contribution in [2.45, 2.75) is 33.6 Å². The van der Waals surface area contributed by atoms with Gasteiger partial charge in [-0.2, -0.15) is 0 Å². The lowest BCUT2D eigenvalue weighted by Crippen LogP contribution is -2.25. The molecular weight excluding hydrogens is 150 g/mol. The molecule has 12 heavy (non-hydrogen) atoms. The zero-order valence-electron chi connectivity index (χ0n) is 8.64. The number of hydrogen-bond acceptors (Lipinski definition) is 2. The number of aliphatic hydroxyl groups is 1. The minimum absolute atomic E-state index is 0.328. The van der Waals surface area contributed by atoms with Crippen molar-refractivity contribution in [1.82, 2.24) is 5.32 Å². The van der Waals surface area contributed by atoms with Crippen LogP contribution in [0.4, 0.5) is 0 Å². The fourth-order valence-corrected chi connectivity index (χ4v) is 1.16. The topological polar surface area (TPSA) is 32.3 Å². The second kappa shape index (κ2) is 7.56.